The quantitative estimate of drug-likeness (QED) is 0.487. The average Bonchev–Trinajstić information content (AvgIpc) is 3.15. The third-order valence-corrected chi connectivity index (χ3v) is 7.85. The van der Waals surface area contributed by atoms with E-state index in [-0.39, 0.29) is 28.8 Å². The van der Waals surface area contributed by atoms with E-state index in [0.29, 0.717) is 34.9 Å². The molecule has 6 nitrogen and oxygen atoms in total. The Morgan fingerprint density at radius 3 is 2.71 bits per heavy atom. The standard InChI is InChI=1S/C28H25BrN2O4/c1-16-9-23(32)21(28-26(16)27(34)24(35-28)11-17-5-7-20(29)8-6-17)15-30-12-18-10-19(14-30)22-3-2-4-25(33)31(22)13-18/h2-9,11,18-19,32H,10,12-15H2,1H3/b24-11-/t18-,19+/m1/s1. The Morgan fingerprint density at radius 1 is 1.11 bits per heavy atom. The maximum Gasteiger partial charge on any atom is 0.250 e. The first-order chi connectivity index (χ1) is 16.9. The number of likely N-dealkylation sites (tertiary alicyclic amines) is 1. The molecular formula is C28H25BrN2O4. The number of allylic oxidation sites excluding steroid dienone is 1. The molecule has 4 heterocycles. The number of ether oxygens (including phenoxy) is 1. The van der Waals surface area contributed by atoms with Gasteiger partial charge in [-0.1, -0.05) is 34.1 Å². The highest BCUT2D eigenvalue weighted by atomic mass is 79.9. The van der Waals surface area contributed by atoms with Crippen LogP contribution in [0.1, 0.15) is 45.1 Å². The summed E-state index contributed by atoms with van der Waals surface area (Å²) in [5, 5.41) is 10.9. The summed E-state index contributed by atoms with van der Waals surface area (Å²) in [5.41, 5.74) is 3.89. The van der Waals surface area contributed by atoms with Crippen molar-refractivity contribution in [2.75, 3.05) is 13.1 Å². The molecule has 3 aliphatic heterocycles. The molecule has 178 valence electrons. The lowest BCUT2D eigenvalue weighted by Gasteiger charge is -2.43. The molecule has 1 aromatic heterocycles. The highest BCUT2D eigenvalue weighted by molar-refractivity contribution is 9.10. The fourth-order valence-corrected chi connectivity index (χ4v) is 6.06. The topological polar surface area (TPSA) is 71.8 Å². The van der Waals surface area contributed by atoms with Crippen LogP contribution in [0, 0.1) is 12.8 Å². The van der Waals surface area contributed by atoms with Gasteiger partial charge in [0.1, 0.15) is 11.5 Å². The van der Waals surface area contributed by atoms with Gasteiger partial charge in [-0.05, 0) is 60.7 Å². The van der Waals surface area contributed by atoms with Gasteiger partial charge in [-0.15, -0.1) is 0 Å². The van der Waals surface area contributed by atoms with E-state index in [1.807, 2.05) is 47.9 Å². The van der Waals surface area contributed by atoms with Gasteiger partial charge in [0.05, 0.1) is 11.1 Å². The van der Waals surface area contributed by atoms with Crippen LogP contribution in [-0.2, 0) is 13.1 Å². The van der Waals surface area contributed by atoms with Crippen LogP contribution in [0.5, 0.6) is 11.5 Å². The van der Waals surface area contributed by atoms with Gasteiger partial charge in [-0.25, -0.2) is 0 Å². The van der Waals surface area contributed by atoms with Crippen molar-refractivity contribution in [1.29, 1.82) is 0 Å². The van der Waals surface area contributed by atoms with Crippen molar-refractivity contribution in [2.24, 2.45) is 5.92 Å². The summed E-state index contributed by atoms with van der Waals surface area (Å²) in [4.78, 5) is 27.9. The van der Waals surface area contributed by atoms with Crippen molar-refractivity contribution in [3.63, 3.8) is 0 Å². The number of fused-ring (bicyclic) bond motifs is 5. The van der Waals surface area contributed by atoms with Crippen molar-refractivity contribution in [1.82, 2.24) is 9.47 Å². The summed E-state index contributed by atoms with van der Waals surface area (Å²) in [6.07, 6.45) is 2.81. The van der Waals surface area contributed by atoms with Crippen molar-refractivity contribution >= 4 is 27.8 Å². The number of benzene rings is 2. The second-order valence-corrected chi connectivity index (χ2v) is 10.7. The highest BCUT2D eigenvalue weighted by Crippen LogP contribution is 2.43. The van der Waals surface area contributed by atoms with Crippen LogP contribution in [-0.4, -0.2) is 33.4 Å². The summed E-state index contributed by atoms with van der Waals surface area (Å²) in [7, 11) is 0. The lowest BCUT2D eigenvalue weighted by atomic mass is 9.83. The third kappa shape index (κ3) is 3.93. The molecule has 7 heteroatoms. The zero-order chi connectivity index (χ0) is 24.3. The number of nitrogens with zero attached hydrogens (tertiary/aromatic N) is 2. The summed E-state index contributed by atoms with van der Waals surface area (Å²) in [6, 6.07) is 14.8. The largest absolute Gasteiger partial charge is 0.507 e. The number of aromatic nitrogens is 1. The number of Topliss-reactive ketones (excluding diaryl/α,β-unsaturated/α-hetero) is 1. The Labute approximate surface area is 211 Å². The number of ketones is 1. The number of piperidine rings is 1. The first-order valence-corrected chi connectivity index (χ1v) is 12.6. The molecule has 3 aliphatic rings. The van der Waals surface area contributed by atoms with Gasteiger partial charge in [0.25, 0.3) is 5.56 Å². The van der Waals surface area contributed by atoms with Crippen molar-refractivity contribution in [2.45, 2.75) is 32.4 Å². The highest BCUT2D eigenvalue weighted by Gasteiger charge is 2.37. The van der Waals surface area contributed by atoms with Crippen molar-refractivity contribution in [3.8, 4) is 11.5 Å². The van der Waals surface area contributed by atoms with Crippen molar-refractivity contribution < 1.29 is 14.6 Å². The van der Waals surface area contributed by atoms with Crippen molar-refractivity contribution in [3.05, 3.63) is 97.1 Å². The van der Waals surface area contributed by atoms with Gasteiger partial charge in [-0.2, -0.15) is 0 Å². The molecule has 0 spiro atoms. The molecule has 2 atom stereocenters. The Balaban J connectivity index is 1.31. The van der Waals surface area contributed by atoms with Crippen LogP contribution in [0.25, 0.3) is 6.08 Å². The molecule has 0 aliphatic carbocycles. The minimum Gasteiger partial charge on any atom is -0.507 e. The number of hydrogen-bond acceptors (Lipinski definition) is 5. The van der Waals surface area contributed by atoms with Crippen LogP contribution in [0.4, 0.5) is 0 Å². The maximum atomic E-state index is 13.2. The zero-order valence-electron chi connectivity index (χ0n) is 19.3. The average molecular weight is 533 g/mol. The second-order valence-electron chi connectivity index (χ2n) is 9.78. The molecule has 0 amide bonds. The maximum absolute atomic E-state index is 13.2. The molecule has 35 heavy (non-hydrogen) atoms. The molecule has 1 fully saturated rings. The monoisotopic (exact) mass is 532 g/mol. The molecule has 6 rings (SSSR count). The minimum atomic E-state index is -0.162. The van der Waals surface area contributed by atoms with Crippen LogP contribution in [0.3, 0.4) is 0 Å². The van der Waals surface area contributed by atoms with E-state index < -0.39 is 0 Å². The van der Waals surface area contributed by atoms with E-state index in [9.17, 15) is 14.7 Å². The Hall–Kier alpha value is -3.16. The fourth-order valence-electron chi connectivity index (χ4n) is 5.79. The summed E-state index contributed by atoms with van der Waals surface area (Å²) in [5.74, 6) is 1.35. The van der Waals surface area contributed by atoms with Gasteiger partial charge >= 0.3 is 0 Å². The molecular weight excluding hydrogens is 508 g/mol. The number of carbonyl (C=O) groups excluding carboxylic acids is 1. The van der Waals surface area contributed by atoms with Gasteiger partial charge in [-0.3, -0.25) is 14.5 Å². The van der Waals surface area contributed by atoms with E-state index in [0.717, 1.165) is 41.8 Å². The summed E-state index contributed by atoms with van der Waals surface area (Å²) < 4.78 is 9.00. The van der Waals surface area contributed by atoms with E-state index in [4.69, 9.17) is 4.74 Å². The number of rotatable bonds is 3. The van der Waals surface area contributed by atoms with Gasteiger partial charge < -0.3 is 14.4 Å². The number of phenols is 1. The number of hydrogen-bond donors (Lipinski definition) is 1. The normalized spacial score (nSPS) is 22.1. The lowest BCUT2D eigenvalue weighted by Crippen LogP contribution is -2.46. The Kier molecular flexibility index (Phi) is 5.42. The van der Waals surface area contributed by atoms with Crippen LogP contribution in [0.2, 0.25) is 0 Å². The SMILES string of the molecule is Cc1cc(O)c(CN2C[C@H]3C[C@@H](C2)c2cccc(=O)n2C3)c2c1C(=O)/C(=C/c1ccc(Br)cc1)O2. The Morgan fingerprint density at radius 2 is 1.91 bits per heavy atom. The number of pyridine rings is 1. The predicted molar refractivity (Wildman–Crippen MR) is 137 cm³/mol. The van der Waals surface area contributed by atoms with E-state index in [1.54, 1.807) is 18.2 Å². The molecule has 1 saturated heterocycles. The molecule has 1 N–H and O–H groups in total. The first kappa shape index (κ1) is 22.3. The number of phenolic OH excluding ortho intramolecular Hbond substituents is 1. The molecule has 0 saturated carbocycles. The molecule has 2 bridgehead atoms. The number of halogens is 1. The molecule has 0 unspecified atom stereocenters. The summed E-state index contributed by atoms with van der Waals surface area (Å²) in [6.45, 7) is 4.64. The number of aromatic hydroxyl groups is 1. The third-order valence-electron chi connectivity index (χ3n) is 7.33. The summed E-state index contributed by atoms with van der Waals surface area (Å²) >= 11 is 3.43. The number of carbonyl (C=O) groups is 1. The molecule has 3 aromatic rings. The van der Waals surface area contributed by atoms with Crippen LogP contribution in [0.15, 0.2) is 63.6 Å². The van der Waals surface area contributed by atoms with E-state index >= 15 is 0 Å². The van der Waals surface area contributed by atoms with E-state index in [1.165, 1.54) is 0 Å². The predicted octanol–water partition coefficient (Wildman–Crippen LogP) is 4.86. The minimum absolute atomic E-state index is 0.0663. The zero-order valence-corrected chi connectivity index (χ0v) is 20.9. The van der Waals surface area contributed by atoms with Gasteiger partial charge in [0.2, 0.25) is 5.78 Å². The molecule has 2 aromatic carbocycles. The van der Waals surface area contributed by atoms with Gasteiger partial charge in [0, 0.05) is 48.3 Å². The van der Waals surface area contributed by atoms with Crippen LogP contribution >= 0.6 is 15.9 Å². The number of aryl methyl sites for hydroxylation is 1. The fraction of sp³-hybridized carbons (Fsp3) is 0.286. The molecule has 0 radical (unpaired) electrons. The van der Waals surface area contributed by atoms with E-state index in [2.05, 4.69) is 20.8 Å². The second kappa shape index (κ2) is 8.50. The lowest BCUT2D eigenvalue weighted by molar-refractivity contribution is 0.101. The first-order valence-electron chi connectivity index (χ1n) is 11.8. The smallest absolute Gasteiger partial charge is 0.250 e. The van der Waals surface area contributed by atoms with Gasteiger partial charge in [0.15, 0.2) is 5.76 Å². The van der Waals surface area contributed by atoms with Crippen LogP contribution < -0.4 is 10.3 Å². The Bertz CT molecular complexity index is 1440.